The number of benzene rings is 2. The lowest BCUT2D eigenvalue weighted by Crippen LogP contribution is -2.30. The summed E-state index contributed by atoms with van der Waals surface area (Å²) in [5.41, 5.74) is 2.71. The molecule has 0 bridgehead atoms. The topological polar surface area (TPSA) is 65.7 Å². The maximum Gasteiger partial charge on any atom is 0.329 e. The summed E-state index contributed by atoms with van der Waals surface area (Å²) in [6, 6.07) is 13.4. The fourth-order valence-corrected chi connectivity index (χ4v) is 3.73. The summed E-state index contributed by atoms with van der Waals surface area (Å²) in [4.78, 5) is 27.2. The molecule has 1 aliphatic rings. The first-order chi connectivity index (χ1) is 14.1. The van der Waals surface area contributed by atoms with Gasteiger partial charge in [0.2, 0.25) is 12.7 Å². The van der Waals surface area contributed by atoms with Crippen LogP contribution in [-0.2, 0) is 24.4 Å². The van der Waals surface area contributed by atoms with Crippen LogP contribution in [0.2, 0.25) is 0 Å². The van der Waals surface area contributed by atoms with Gasteiger partial charge in [-0.25, -0.2) is 4.79 Å². The SMILES string of the molecule is CCCn1c(=O)n(CCC(=O)N(C)Cc2ccc3c(c2)OCO3)c2ccccc21. The van der Waals surface area contributed by atoms with E-state index in [1.165, 1.54) is 0 Å². The number of hydrogen-bond donors (Lipinski definition) is 0. The van der Waals surface area contributed by atoms with Crippen LogP contribution in [0.15, 0.2) is 47.3 Å². The van der Waals surface area contributed by atoms with Crippen LogP contribution in [0.3, 0.4) is 0 Å². The van der Waals surface area contributed by atoms with Gasteiger partial charge in [0, 0.05) is 33.1 Å². The Balaban J connectivity index is 1.45. The Labute approximate surface area is 169 Å². The minimum Gasteiger partial charge on any atom is -0.454 e. The van der Waals surface area contributed by atoms with Crippen LogP contribution in [-0.4, -0.2) is 33.8 Å². The molecule has 1 aliphatic heterocycles. The van der Waals surface area contributed by atoms with Crippen LogP contribution >= 0.6 is 0 Å². The number of aromatic nitrogens is 2. The van der Waals surface area contributed by atoms with Gasteiger partial charge in [0.25, 0.3) is 0 Å². The van der Waals surface area contributed by atoms with Crippen LogP contribution in [0.5, 0.6) is 11.5 Å². The van der Waals surface area contributed by atoms with E-state index in [0.717, 1.165) is 28.8 Å². The Morgan fingerprint density at radius 1 is 1.03 bits per heavy atom. The Morgan fingerprint density at radius 2 is 1.72 bits per heavy atom. The number of amides is 1. The van der Waals surface area contributed by atoms with Crippen molar-refractivity contribution in [3.8, 4) is 11.5 Å². The van der Waals surface area contributed by atoms with E-state index in [1.807, 2.05) is 49.4 Å². The number of ether oxygens (including phenoxy) is 2. The third-order valence-electron chi connectivity index (χ3n) is 5.20. The van der Waals surface area contributed by atoms with Gasteiger partial charge in [0.15, 0.2) is 11.5 Å². The molecule has 0 aliphatic carbocycles. The molecule has 29 heavy (non-hydrogen) atoms. The summed E-state index contributed by atoms with van der Waals surface area (Å²) >= 11 is 0. The van der Waals surface area contributed by atoms with Gasteiger partial charge in [-0.15, -0.1) is 0 Å². The van der Waals surface area contributed by atoms with Crippen LogP contribution in [0.25, 0.3) is 11.0 Å². The second kappa shape index (κ2) is 8.03. The van der Waals surface area contributed by atoms with Gasteiger partial charge in [0.05, 0.1) is 11.0 Å². The van der Waals surface area contributed by atoms with E-state index >= 15 is 0 Å². The Hall–Kier alpha value is -3.22. The summed E-state index contributed by atoms with van der Waals surface area (Å²) in [6.45, 7) is 3.79. The van der Waals surface area contributed by atoms with Gasteiger partial charge >= 0.3 is 5.69 Å². The van der Waals surface area contributed by atoms with Gasteiger partial charge in [-0.3, -0.25) is 13.9 Å². The Bertz CT molecular complexity index is 1100. The van der Waals surface area contributed by atoms with E-state index in [2.05, 4.69) is 0 Å². The smallest absolute Gasteiger partial charge is 0.329 e. The molecule has 7 nitrogen and oxygen atoms in total. The van der Waals surface area contributed by atoms with Crippen molar-refractivity contribution < 1.29 is 14.3 Å². The maximum absolute atomic E-state index is 12.8. The standard InChI is InChI=1S/C22H25N3O4/c1-3-11-24-17-6-4-5-7-18(17)25(22(24)27)12-10-21(26)23(2)14-16-8-9-19-20(13-16)29-15-28-19/h4-9,13H,3,10-12,14-15H2,1-2H3. The van der Waals surface area contributed by atoms with Gasteiger partial charge < -0.3 is 14.4 Å². The summed E-state index contributed by atoms with van der Waals surface area (Å²) in [5.74, 6) is 1.42. The van der Waals surface area contributed by atoms with Crippen molar-refractivity contribution in [3.05, 3.63) is 58.5 Å². The second-order valence-electron chi connectivity index (χ2n) is 7.26. The third-order valence-corrected chi connectivity index (χ3v) is 5.20. The van der Waals surface area contributed by atoms with Crippen molar-refractivity contribution >= 4 is 16.9 Å². The molecule has 0 N–H and O–H groups in total. The Kier molecular flexibility index (Phi) is 5.29. The van der Waals surface area contributed by atoms with Crippen LogP contribution in [0.1, 0.15) is 25.3 Å². The average molecular weight is 395 g/mol. The summed E-state index contributed by atoms with van der Waals surface area (Å²) in [5, 5.41) is 0. The number of aryl methyl sites for hydroxylation is 2. The summed E-state index contributed by atoms with van der Waals surface area (Å²) in [6.07, 6.45) is 1.15. The highest BCUT2D eigenvalue weighted by molar-refractivity contribution is 5.78. The molecule has 2 heterocycles. The predicted molar refractivity (Wildman–Crippen MR) is 110 cm³/mol. The molecule has 0 unspecified atom stereocenters. The molecule has 2 aromatic carbocycles. The highest BCUT2D eigenvalue weighted by atomic mass is 16.7. The van der Waals surface area contributed by atoms with E-state index in [1.54, 1.807) is 21.1 Å². The number of fused-ring (bicyclic) bond motifs is 2. The summed E-state index contributed by atoms with van der Waals surface area (Å²) in [7, 11) is 1.77. The highest BCUT2D eigenvalue weighted by Crippen LogP contribution is 2.32. The van der Waals surface area contributed by atoms with Crippen molar-refractivity contribution in [1.29, 1.82) is 0 Å². The first-order valence-electron chi connectivity index (χ1n) is 9.89. The lowest BCUT2D eigenvalue weighted by molar-refractivity contribution is -0.130. The van der Waals surface area contributed by atoms with Crippen molar-refractivity contribution in [2.75, 3.05) is 13.8 Å². The lowest BCUT2D eigenvalue weighted by Gasteiger charge is -2.17. The zero-order chi connectivity index (χ0) is 20.4. The minimum absolute atomic E-state index is 0.0121. The zero-order valence-electron chi connectivity index (χ0n) is 16.8. The zero-order valence-corrected chi connectivity index (χ0v) is 16.8. The van der Waals surface area contributed by atoms with Crippen LogP contribution in [0.4, 0.5) is 0 Å². The molecule has 0 saturated carbocycles. The summed E-state index contributed by atoms with van der Waals surface area (Å²) < 4.78 is 14.2. The van der Waals surface area contributed by atoms with Crippen molar-refractivity contribution in [1.82, 2.24) is 14.0 Å². The molecule has 4 rings (SSSR count). The fourth-order valence-electron chi connectivity index (χ4n) is 3.73. The number of hydrogen-bond acceptors (Lipinski definition) is 4. The van der Waals surface area contributed by atoms with E-state index in [9.17, 15) is 9.59 Å². The highest BCUT2D eigenvalue weighted by Gasteiger charge is 2.17. The molecule has 1 aromatic heterocycles. The molecule has 3 aromatic rings. The number of carbonyl (C=O) groups excluding carboxylic acids is 1. The van der Waals surface area contributed by atoms with E-state index in [0.29, 0.717) is 25.4 Å². The largest absolute Gasteiger partial charge is 0.454 e. The van der Waals surface area contributed by atoms with Crippen molar-refractivity contribution in [3.63, 3.8) is 0 Å². The maximum atomic E-state index is 12.8. The molecule has 0 spiro atoms. The molecule has 0 saturated heterocycles. The monoisotopic (exact) mass is 395 g/mol. The molecule has 1 amide bonds. The molecular formula is C22H25N3O4. The van der Waals surface area contributed by atoms with Crippen LogP contribution in [0, 0.1) is 0 Å². The van der Waals surface area contributed by atoms with Crippen LogP contribution < -0.4 is 15.2 Å². The molecule has 7 heteroatoms. The Morgan fingerprint density at radius 3 is 2.45 bits per heavy atom. The molecular weight excluding hydrogens is 370 g/mol. The average Bonchev–Trinajstić information content (AvgIpc) is 3.29. The van der Waals surface area contributed by atoms with Crippen molar-refractivity contribution in [2.45, 2.75) is 39.4 Å². The van der Waals surface area contributed by atoms with Gasteiger partial charge in [-0.05, 0) is 36.2 Å². The molecule has 152 valence electrons. The van der Waals surface area contributed by atoms with Gasteiger partial charge in [0.1, 0.15) is 0 Å². The number of rotatable bonds is 7. The third kappa shape index (κ3) is 3.72. The first kappa shape index (κ1) is 19.1. The number of para-hydroxylation sites is 2. The second-order valence-corrected chi connectivity index (χ2v) is 7.26. The number of nitrogens with zero attached hydrogens (tertiary/aromatic N) is 3. The molecule has 0 fully saturated rings. The van der Waals surface area contributed by atoms with Gasteiger partial charge in [-0.2, -0.15) is 0 Å². The number of imidazole rings is 1. The van der Waals surface area contributed by atoms with E-state index < -0.39 is 0 Å². The lowest BCUT2D eigenvalue weighted by atomic mass is 10.2. The normalized spacial score (nSPS) is 12.5. The molecule has 0 radical (unpaired) electrons. The number of carbonyl (C=O) groups is 1. The van der Waals surface area contributed by atoms with Gasteiger partial charge in [-0.1, -0.05) is 25.1 Å². The minimum atomic E-state index is -0.0562. The quantitative estimate of drug-likeness (QED) is 0.617. The molecule has 0 atom stereocenters. The first-order valence-corrected chi connectivity index (χ1v) is 9.89. The van der Waals surface area contributed by atoms with Crippen molar-refractivity contribution in [2.24, 2.45) is 0 Å². The fraction of sp³-hybridized carbons (Fsp3) is 0.364. The van der Waals surface area contributed by atoms with E-state index in [4.69, 9.17) is 9.47 Å². The van der Waals surface area contributed by atoms with E-state index in [-0.39, 0.29) is 24.8 Å². The predicted octanol–water partition coefficient (Wildman–Crippen LogP) is 2.99.